The van der Waals surface area contributed by atoms with E-state index in [1.54, 1.807) is 0 Å². The maximum atomic E-state index is 15.6. The van der Waals surface area contributed by atoms with Gasteiger partial charge in [0.05, 0.1) is 0 Å². The molecular weight excluding hydrogens is 666 g/mol. The van der Waals surface area contributed by atoms with Crippen LogP contribution in [0, 0.1) is 20.4 Å². The molecule has 0 atom stereocenters. The van der Waals surface area contributed by atoms with E-state index in [4.69, 9.17) is 37.9 Å². The summed E-state index contributed by atoms with van der Waals surface area (Å²) in [5.74, 6) is -3.90. The summed E-state index contributed by atoms with van der Waals surface area (Å²) in [6.45, 7) is 8.88. The van der Waals surface area contributed by atoms with Crippen molar-refractivity contribution in [1.29, 1.82) is 0 Å². The summed E-state index contributed by atoms with van der Waals surface area (Å²) in [6.07, 6.45) is -2.86. The number of carbonyl (C=O) groups is 3. The molecule has 0 aromatic heterocycles. The first-order valence-corrected chi connectivity index (χ1v) is 13.5. The third-order valence-electron chi connectivity index (χ3n) is 4.13. The molecule has 3 amide bonds. The summed E-state index contributed by atoms with van der Waals surface area (Å²) in [4.78, 5) is 38.7. The number of amides is 3. The van der Waals surface area contributed by atoms with Crippen LogP contribution in [0.15, 0.2) is 24.3 Å². The van der Waals surface area contributed by atoms with Gasteiger partial charge >= 0.3 is 197 Å². The van der Waals surface area contributed by atoms with E-state index in [-0.39, 0.29) is 27.5 Å². The van der Waals surface area contributed by atoms with Crippen LogP contribution < -0.4 is 31.7 Å². The topological polar surface area (TPSA) is 131 Å². The van der Waals surface area contributed by atoms with Gasteiger partial charge in [-0.15, -0.1) is 0 Å². The molecular formula is C23H24Cl2F2IN3O7-2. The molecule has 0 radical (unpaired) electrons. The Balaban J connectivity index is 2.58. The van der Waals surface area contributed by atoms with Gasteiger partial charge in [0, 0.05) is 0 Å². The number of rotatable bonds is 5. The second-order valence-electron chi connectivity index (χ2n) is 9.54. The number of nitrogens with zero attached hydrogens (tertiary/aromatic N) is 2. The van der Waals surface area contributed by atoms with Gasteiger partial charge in [0.2, 0.25) is 0 Å². The van der Waals surface area contributed by atoms with Gasteiger partial charge in [0.25, 0.3) is 0 Å². The van der Waals surface area contributed by atoms with Crippen molar-refractivity contribution in [3.8, 4) is 0 Å². The number of benzene rings is 2. The van der Waals surface area contributed by atoms with E-state index >= 15 is 4.39 Å². The molecule has 210 valence electrons. The van der Waals surface area contributed by atoms with E-state index < -0.39 is 73.8 Å². The van der Waals surface area contributed by atoms with Crippen LogP contribution in [0.5, 0.6) is 0 Å². The van der Waals surface area contributed by atoms with Gasteiger partial charge in [-0.2, -0.15) is 0 Å². The standard InChI is InChI=1S/C23H24Cl2F2IN3O7/c1-22(2,3)37-20(33)30(21(34)38-23(4,5)6)18-12(26)8-10-14(17(18)27)29-19(32)15-11(24)7-9-13(16(15)25)28-31(35)36/h7-10,35H,1-6H3,(H,29,32)/q-2. The van der Waals surface area contributed by atoms with Crippen molar-refractivity contribution in [2.75, 3.05) is 10.2 Å². The average Bonchev–Trinajstić information content (AvgIpc) is 2.72. The van der Waals surface area contributed by atoms with Crippen LogP contribution in [-0.2, 0) is 9.47 Å². The second-order valence-corrected chi connectivity index (χ2v) is 12.8. The van der Waals surface area contributed by atoms with Gasteiger partial charge < -0.3 is 0 Å². The van der Waals surface area contributed by atoms with Crippen LogP contribution in [0.3, 0.4) is 0 Å². The normalized spacial score (nSPS) is 11.9. The molecule has 0 aliphatic heterocycles. The SMILES string of the molecule is CC(C)(C)OC(=O)N(C(=O)OC(C)(C)C)c1c(F)ccc(NC(=O)c2c(Cl)ccc([I-]N([O-])O)c2Cl)c1F. The number of halogens is 5. The molecule has 2 rings (SSSR count). The van der Waals surface area contributed by atoms with Crippen molar-refractivity contribution in [3.05, 3.63) is 60.3 Å². The first kappa shape index (κ1) is 31.9. The molecule has 0 heterocycles. The summed E-state index contributed by atoms with van der Waals surface area (Å²) in [5, 5.41) is 21.8. The number of carbonyl (C=O) groups excluding carboxylic acids is 3. The Morgan fingerprint density at radius 1 is 0.974 bits per heavy atom. The van der Waals surface area contributed by atoms with Crippen molar-refractivity contribution < 1.29 is 59.3 Å². The molecule has 0 bridgehead atoms. The summed E-state index contributed by atoms with van der Waals surface area (Å²) in [6, 6.07) is 4.15. The Labute approximate surface area is 237 Å². The molecule has 38 heavy (non-hydrogen) atoms. The van der Waals surface area contributed by atoms with Crippen LogP contribution in [0.25, 0.3) is 0 Å². The quantitative estimate of drug-likeness (QED) is 0.211. The number of anilines is 2. The van der Waals surface area contributed by atoms with Gasteiger partial charge in [0.1, 0.15) is 0 Å². The van der Waals surface area contributed by atoms with E-state index in [1.807, 2.05) is 0 Å². The third kappa shape index (κ3) is 8.35. The molecule has 2 aromatic carbocycles. The molecule has 0 fully saturated rings. The minimum atomic E-state index is -1.70. The van der Waals surface area contributed by atoms with Crippen molar-refractivity contribution in [2.24, 2.45) is 0 Å². The summed E-state index contributed by atoms with van der Waals surface area (Å²) in [5.41, 5.74) is -4.46. The summed E-state index contributed by atoms with van der Waals surface area (Å²) < 4.78 is 40.7. The van der Waals surface area contributed by atoms with Gasteiger partial charge in [-0.05, 0) is 41.5 Å². The molecule has 15 heteroatoms. The second kappa shape index (κ2) is 12.3. The zero-order valence-corrected chi connectivity index (χ0v) is 24.7. The fourth-order valence-electron chi connectivity index (χ4n) is 2.78. The van der Waals surface area contributed by atoms with E-state index in [2.05, 4.69) is 5.32 Å². The van der Waals surface area contributed by atoms with Gasteiger partial charge in [-0.1, -0.05) is 0 Å². The number of hydrogen-bond donors (Lipinski definition) is 2. The molecule has 0 unspecified atom stereocenters. The van der Waals surface area contributed by atoms with Gasteiger partial charge in [0.15, 0.2) is 0 Å². The van der Waals surface area contributed by atoms with E-state index in [1.165, 1.54) is 53.7 Å². The fraction of sp³-hybridized carbons (Fsp3) is 0.348. The number of hydrogen-bond acceptors (Lipinski definition) is 8. The molecule has 0 saturated carbocycles. The van der Waals surface area contributed by atoms with Crippen LogP contribution in [0.4, 0.5) is 29.7 Å². The predicted molar refractivity (Wildman–Crippen MR) is 131 cm³/mol. The zero-order chi connectivity index (χ0) is 29.2. The van der Waals surface area contributed by atoms with E-state index in [0.29, 0.717) is 6.07 Å². The van der Waals surface area contributed by atoms with Gasteiger partial charge in [-0.3, -0.25) is 0 Å². The number of ether oxygens (including phenoxy) is 2. The molecule has 2 aromatic rings. The molecule has 0 aliphatic rings. The molecule has 2 N–H and O–H groups in total. The summed E-state index contributed by atoms with van der Waals surface area (Å²) >= 11 is 10.6. The first-order valence-electron chi connectivity index (χ1n) is 10.7. The number of nitrogens with one attached hydrogen (secondary N) is 1. The van der Waals surface area contributed by atoms with Crippen LogP contribution in [0.2, 0.25) is 10.0 Å². The zero-order valence-electron chi connectivity index (χ0n) is 21.0. The third-order valence-corrected chi connectivity index (χ3v) is 6.98. The molecule has 0 spiro atoms. The number of imide groups is 1. The maximum absolute atomic E-state index is 15.6. The Kier molecular flexibility index (Phi) is 10.3. The minimum absolute atomic E-state index is 0.0475. The van der Waals surface area contributed by atoms with Crippen LogP contribution in [0.1, 0.15) is 51.9 Å². The van der Waals surface area contributed by atoms with Crippen molar-refractivity contribution in [3.63, 3.8) is 0 Å². The Morgan fingerprint density at radius 2 is 1.50 bits per heavy atom. The monoisotopic (exact) mass is 689 g/mol. The Morgan fingerprint density at radius 3 is 1.97 bits per heavy atom. The van der Waals surface area contributed by atoms with E-state index in [9.17, 15) is 24.0 Å². The summed E-state index contributed by atoms with van der Waals surface area (Å²) in [7, 11) is 0. The average molecular weight is 690 g/mol. The molecule has 0 aliphatic carbocycles. The van der Waals surface area contributed by atoms with Crippen molar-refractivity contribution >= 4 is 52.7 Å². The van der Waals surface area contributed by atoms with Crippen molar-refractivity contribution in [1.82, 2.24) is 3.44 Å². The first-order chi connectivity index (χ1) is 17.3. The molecule has 0 saturated heterocycles. The van der Waals surface area contributed by atoms with Crippen LogP contribution >= 0.6 is 23.2 Å². The Bertz CT molecular complexity index is 1220. The van der Waals surface area contributed by atoms with E-state index in [0.717, 1.165) is 6.07 Å². The predicted octanol–water partition coefficient (Wildman–Crippen LogP) is 3.56. The van der Waals surface area contributed by atoms with Crippen molar-refractivity contribution in [2.45, 2.75) is 52.7 Å². The van der Waals surface area contributed by atoms with Crippen LogP contribution in [-0.4, -0.2) is 37.9 Å². The fourth-order valence-corrected chi connectivity index (χ4v) is 4.80. The molecule has 10 nitrogen and oxygen atoms in total. The van der Waals surface area contributed by atoms with Gasteiger partial charge in [-0.25, -0.2) is 0 Å². The Hall–Kier alpha value is -2.30.